The van der Waals surface area contributed by atoms with Gasteiger partial charge in [-0.3, -0.25) is 9.59 Å². The van der Waals surface area contributed by atoms with Crippen LogP contribution in [-0.2, 0) is 14.3 Å². The van der Waals surface area contributed by atoms with Crippen LogP contribution < -0.4 is 5.32 Å². The number of carbonyl (C=O) groups is 2. The Hall–Kier alpha value is -1.66. The van der Waals surface area contributed by atoms with Gasteiger partial charge >= 0.3 is 5.97 Å². The summed E-state index contributed by atoms with van der Waals surface area (Å²) in [5.74, 6) is -0.120. The quantitative estimate of drug-likeness (QED) is 0.0321. The van der Waals surface area contributed by atoms with Gasteiger partial charge in [0.2, 0.25) is 5.91 Å². The van der Waals surface area contributed by atoms with Crippen LogP contribution in [0, 0.1) is 0 Å². The Kier molecular flexibility index (Phi) is 50.6. The van der Waals surface area contributed by atoms with Gasteiger partial charge in [-0.2, -0.15) is 0 Å². The number of carbonyl (C=O) groups excluding carboxylic acids is 2. The molecule has 0 saturated heterocycles. The Morgan fingerprint density at radius 3 is 1.19 bits per heavy atom. The SMILES string of the molecule is CCCC/C=C\CCCCCCCC(=O)OCCCCCCCCCCCCC(=O)NC(CO)C(O)/C=C/CCCCCCCCCCCCCCCCCCCCCCCC. The predicted molar refractivity (Wildman–Crippen MR) is 269 cm³/mol. The summed E-state index contributed by atoms with van der Waals surface area (Å²) in [6, 6.07) is -0.645. The molecule has 0 bridgehead atoms. The Labute approximate surface area is 386 Å². The lowest BCUT2D eigenvalue weighted by molar-refractivity contribution is -0.143. The predicted octanol–water partition coefficient (Wildman–Crippen LogP) is 16.7. The minimum absolute atomic E-state index is 0.0314. The van der Waals surface area contributed by atoms with E-state index in [-0.39, 0.29) is 18.5 Å². The first kappa shape index (κ1) is 60.3. The van der Waals surface area contributed by atoms with Gasteiger partial charge in [0, 0.05) is 12.8 Å². The van der Waals surface area contributed by atoms with Gasteiger partial charge in [0.05, 0.1) is 25.4 Å². The number of unbranched alkanes of at least 4 members (excludes halogenated alkanes) is 38. The number of hydrogen-bond acceptors (Lipinski definition) is 5. The molecule has 1 amide bonds. The van der Waals surface area contributed by atoms with E-state index in [1.54, 1.807) is 6.08 Å². The van der Waals surface area contributed by atoms with E-state index < -0.39 is 12.1 Å². The maximum Gasteiger partial charge on any atom is 0.305 e. The summed E-state index contributed by atoms with van der Waals surface area (Å²) in [5, 5.41) is 23.1. The van der Waals surface area contributed by atoms with E-state index in [0.717, 1.165) is 57.8 Å². The van der Waals surface area contributed by atoms with E-state index in [1.807, 2.05) is 6.08 Å². The number of aliphatic hydroxyl groups excluding tert-OH is 2. The van der Waals surface area contributed by atoms with Crippen LogP contribution in [0.5, 0.6) is 0 Å². The van der Waals surface area contributed by atoms with E-state index in [2.05, 4.69) is 31.3 Å². The summed E-state index contributed by atoms with van der Waals surface area (Å²) < 4.78 is 5.43. The minimum atomic E-state index is -0.860. The number of amides is 1. The molecule has 0 aliphatic heterocycles. The molecular weight excluding hydrogens is 767 g/mol. The lowest BCUT2D eigenvalue weighted by Crippen LogP contribution is -2.45. The van der Waals surface area contributed by atoms with Gasteiger partial charge in [-0.05, 0) is 51.4 Å². The Balaban J connectivity index is 3.51. The molecule has 0 rings (SSSR count). The molecule has 0 aliphatic rings. The van der Waals surface area contributed by atoms with Gasteiger partial charge in [0.1, 0.15) is 0 Å². The second-order valence-electron chi connectivity index (χ2n) is 18.9. The molecule has 366 valence electrons. The number of ether oxygens (including phenoxy) is 1. The fourth-order valence-corrected chi connectivity index (χ4v) is 8.44. The number of hydrogen-bond donors (Lipinski definition) is 3. The first-order valence-corrected chi connectivity index (χ1v) is 27.6. The molecular formula is C56H107NO5. The maximum absolute atomic E-state index is 12.5. The van der Waals surface area contributed by atoms with Crippen molar-refractivity contribution < 1.29 is 24.5 Å². The molecule has 0 aromatic carbocycles. The third-order valence-corrected chi connectivity index (χ3v) is 12.7. The number of esters is 1. The van der Waals surface area contributed by atoms with Gasteiger partial charge in [-0.15, -0.1) is 0 Å². The molecule has 2 unspecified atom stereocenters. The molecule has 3 N–H and O–H groups in total. The normalized spacial score (nSPS) is 12.8. The smallest absolute Gasteiger partial charge is 0.305 e. The molecule has 6 heteroatoms. The van der Waals surface area contributed by atoms with Crippen molar-refractivity contribution in [3.05, 3.63) is 24.3 Å². The van der Waals surface area contributed by atoms with E-state index in [9.17, 15) is 19.8 Å². The standard InChI is InChI=1S/C56H107NO5/c1-3-5-7-9-11-13-15-16-17-18-19-20-21-22-23-24-25-26-27-29-32-36-40-44-48-54(59)53(52-58)57-55(60)49-45-41-37-33-30-31-35-39-43-47-51-62-56(61)50-46-42-38-34-28-14-12-10-8-6-4-2/h10,12,44,48,53-54,58-59H,3-9,11,13-43,45-47,49-52H2,1-2H3,(H,57,60)/b12-10-,48-44+. The van der Waals surface area contributed by atoms with Gasteiger partial charge in [-0.1, -0.05) is 256 Å². The van der Waals surface area contributed by atoms with Gasteiger partial charge in [-0.25, -0.2) is 0 Å². The van der Waals surface area contributed by atoms with Crippen molar-refractivity contribution >= 4 is 11.9 Å². The second kappa shape index (κ2) is 52.0. The fourth-order valence-electron chi connectivity index (χ4n) is 8.44. The number of aliphatic hydroxyl groups is 2. The van der Waals surface area contributed by atoms with Crippen LogP contribution >= 0.6 is 0 Å². The molecule has 0 fully saturated rings. The van der Waals surface area contributed by atoms with Crippen molar-refractivity contribution in [3.63, 3.8) is 0 Å². The van der Waals surface area contributed by atoms with E-state index in [0.29, 0.717) is 19.4 Å². The average Bonchev–Trinajstić information content (AvgIpc) is 3.27. The Morgan fingerprint density at radius 2 is 0.774 bits per heavy atom. The monoisotopic (exact) mass is 874 g/mol. The summed E-state index contributed by atoms with van der Waals surface area (Å²) in [5.41, 5.74) is 0. The molecule has 0 aromatic heterocycles. The van der Waals surface area contributed by atoms with Crippen LogP contribution in [0.25, 0.3) is 0 Å². The second-order valence-corrected chi connectivity index (χ2v) is 18.9. The lowest BCUT2D eigenvalue weighted by Gasteiger charge is -2.20. The van der Waals surface area contributed by atoms with E-state index in [4.69, 9.17) is 4.74 Å². The minimum Gasteiger partial charge on any atom is -0.466 e. The largest absolute Gasteiger partial charge is 0.466 e. The van der Waals surface area contributed by atoms with Gasteiger partial charge < -0.3 is 20.3 Å². The number of nitrogens with one attached hydrogen (secondary N) is 1. The van der Waals surface area contributed by atoms with E-state index in [1.165, 1.54) is 212 Å². The molecule has 0 aliphatic carbocycles. The highest BCUT2D eigenvalue weighted by molar-refractivity contribution is 5.76. The molecule has 0 saturated carbocycles. The zero-order chi connectivity index (χ0) is 45.1. The van der Waals surface area contributed by atoms with Crippen LogP contribution in [0.3, 0.4) is 0 Å². The summed E-state index contributed by atoms with van der Waals surface area (Å²) in [6.07, 6.45) is 61.9. The van der Waals surface area contributed by atoms with Crippen molar-refractivity contribution in [1.29, 1.82) is 0 Å². The van der Waals surface area contributed by atoms with Crippen LogP contribution in [0.2, 0.25) is 0 Å². The molecule has 0 heterocycles. The molecule has 0 spiro atoms. The highest BCUT2D eigenvalue weighted by atomic mass is 16.5. The van der Waals surface area contributed by atoms with Crippen LogP contribution in [0.4, 0.5) is 0 Å². The lowest BCUT2D eigenvalue weighted by atomic mass is 10.0. The highest BCUT2D eigenvalue weighted by Crippen LogP contribution is 2.17. The zero-order valence-corrected chi connectivity index (χ0v) is 41.6. The number of allylic oxidation sites excluding steroid dienone is 3. The van der Waals surface area contributed by atoms with Gasteiger partial charge in [0.25, 0.3) is 0 Å². The maximum atomic E-state index is 12.5. The molecule has 0 aromatic rings. The van der Waals surface area contributed by atoms with Crippen molar-refractivity contribution in [1.82, 2.24) is 5.32 Å². The summed E-state index contributed by atoms with van der Waals surface area (Å²) in [6.45, 7) is 4.82. The molecule has 6 nitrogen and oxygen atoms in total. The Bertz CT molecular complexity index is 966. The third kappa shape index (κ3) is 47.8. The summed E-state index contributed by atoms with van der Waals surface area (Å²) in [7, 11) is 0. The highest BCUT2D eigenvalue weighted by Gasteiger charge is 2.18. The van der Waals surface area contributed by atoms with Crippen LogP contribution in [0.15, 0.2) is 24.3 Å². The average molecular weight is 874 g/mol. The Morgan fingerprint density at radius 1 is 0.435 bits per heavy atom. The third-order valence-electron chi connectivity index (χ3n) is 12.7. The fraction of sp³-hybridized carbons (Fsp3) is 0.893. The first-order chi connectivity index (χ1) is 30.5. The van der Waals surface area contributed by atoms with Crippen molar-refractivity contribution in [2.45, 2.75) is 309 Å². The van der Waals surface area contributed by atoms with Crippen LogP contribution in [-0.4, -0.2) is 47.4 Å². The van der Waals surface area contributed by atoms with Crippen molar-refractivity contribution in [2.75, 3.05) is 13.2 Å². The number of rotatable bonds is 51. The zero-order valence-electron chi connectivity index (χ0n) is 41.6. The molecule has 2 atom stereocenters. The molecule has 62 heavy (non-hydrogen) atoms. The van der Waals surface area contributed by atoms with Crippen LogP contribution in [0.1, 0.15) is 296 Å². The van der Waals surface area contributed by atoms with Crippen molar-refractivity contribution in [2.24, 2.45) is 0 Å². The molecule has 0 radical (unpaired) electrons. The van der Waals surface area contributed by atoms with E-state index >= 15 is 0 Å². The van der Waals surface area contributed by atoms with Crippen molar-refractivity contribution in [3.8, 4) is 0 Å². The first-order valence-electron chi connectivity index (χ1n) is 27.6. The summed E-state index contributed by atoms with van der Waals surface area (Å²) in [4.78, 5) is 24.4. The summed E-state index contributed by atoms with van der Waals surface area (Å²) >= 11 is 0. The topological polar surface area (TPSA) is 95.9 Å². The van der Waals surface area contributed by atoms with Gasteiger partial charge in [0.15, 0.2) is 0 Å².